The van der Waals surface area contributed by atoms with E-state index < -0.39 is 0 Å². The van der Waals surface area contributed by atoms with E-state index in [1.807, 2.05) is 12.2 Å². The largest absolute Gasteiger partial charge is 0.0991 e. The summed E-state index contributed by atoms with van der Waals surface area (Å²) < 4.78 is 0. The minimum atomic E-state index is 0.527. The van der Waals surface area contributed by atoms with E-state index in [9.17, 15) is 0 Å². The van der Waals surface area contributed by atoms with Crippen molar-refractivity contribution in [2.24, 2.45) is 5.92 Å². The van der Waals surface area contributed by atoms with Crippen LogP contribution in [-0.2, 0) is 0 Å². The third kappa shape index (κ3) is 2.54. The molecular formula is C12H16. The number of allylic oxidation sites excluding steroid dienone is 7. The van der Waals surface area contributed by atoms with E-state index in [0.29, 0.717) is 5.92 Å². The Balaban J connectivity index is 2.56. The smallest absolute Gasteiger partial charge is 0.00106 e. The van der Waals surface area contributed by atoms with Crippen LogP contribution in [0.25, 0.3) is 0 Å². The molecule has 0 radical (unpaired) electrons. The third-order valence-corrected chi connectivity index (χ3v) is 2.09. The first-order valence-electron chi connectivity index (χ1n) is 4.50. The van der Waals surface area contributed by atoms with Gasteiger partial charge in [0.2, 0.25) is 0 Å². The van der Waals surface area contributed by atoms with Gasteiger partial charge in [-0.05, 0) is 24.3 Å². The van der Waals surface area contributed by atoms with Crippen LogP contribution in [-0.4, -0.2) is 0 Å². The van der Waals surface area contributed by atoms with E-state index in [1.54, 1.807) is 0 Å². The van der Waals surface area contributed by atoms with Crippen LogP contribution in [0.1, 0.15) is 19.8 Å². The van der Waals surface area contributed by atoms with Crippen LogP contribution in [0.2, 0.25) is 0 Å². The van der Waals surface area contributed by atoms with Gasteiger partial charge in [0.05, 0.1) is 0 Å². The highest BCUT2D eigenvalue weighted by molar-refractivity contribution is 5.27. The molecule has 0 aromatic carbocycles. The maximum atomic E-state index is 3.65. The zero-order chi connectivity index (χ0) is 8.81. The summed E-state index contributed by atoms with van der Waals surface area (Å²) in [5, 5.41) is 0. The Labute approximate surface area is 75.0 Å². The fourth-order valence-electron chi connectivity index (χ4n) is 1.33. The van der Waals surface area contributed by atoms with Crippen molar-refractivity contribution in [2.45, 2.75) is 19.8 Å². The van der Waals surface area contributed by atoms with Gasteiger partial charge in [-0.15, -0.1) is 0 Å². The molecule has 0 aromatic heterocycles. The van der Waals surface area contributed by atoms with E-state index in [-0.39, 0.29) is 0 Å². The fraction of sp³-hybridized carbons (Fsp3) is 0.333. The Morgan fingerprint density at radius 2 is 2.33 bits per heavy atom. The number of hydrogen-bond acceptors (Lipinski definition) is 0. The van der Waals surface area contributed by atoms with Crippen LogP contribution in [0.15, 0.2) is 48.6 Å². The number of hydrogen-bond donors (Lipinski definition) is 0. The summed E-state index contributed by atoms with van der Waals surface area (Å²) in [4.78, 5) is 0. The molecule has 0 unspecified atom stereocenters. The highest BCUT2D eigenvalue weighted by Crippen LogP contribution is 2.18. The molecule has 0 aromatic rings. The predicted molar refractivity (Wildman–Crippen MR) is 55.0 cm³/mol. The van der Waals surface area contributed by atoms with Crippen LogP contribution >= 0.6 is 0 Å². The molecule has 0 N–H and O–H groups in total. The van der Waals surface area contributed by atoms with E-state index >= 15 is 0 Å². The van der Waals surface area contributed by atoms with Crippen LogP contribution in [0.4, 0.5) is 0 Å². The van der Waals surface area contributed by atoms with E-state index in [4.69, 9.17) is 0 Å². The van der Waals surface area contributed by atoms with Crippen LogP contribution < -0.4 is 0 Å². The zero-order valence-corrected chi connectivity index (χ0v) is 7.66. The second-order valence-corrected chi connectivity index (χ2v) is 3.09. The minimum Gasteiger partial charge on any atom is -0.0991 e. The van der Waals surface area contributed by atoms with Crippen molar-refractivity contribution >= 4 is 0 Å². The molecular weight excluding hydrogens is 144 g/mol. The lowest BCUT2D eigenvalue weighted by atomic mass is 9.95. The fourth-order valence-corrected chi connectivity index (χ4v) is 1.33. The second kappa shape index (κ2) is 4.76. The molecule has 0 heteroatoms. The first-order chi connectivity index (χ1) is 5.84. The van der Waals surface area contributed by atoms with Crippen molar-refractivity contribution in [3.63, 3.8) is 0 Å². The standard InChI is InChI=1S/C12H16/c1-3-4-8-11(2)12-9-6-5-7-10-12/h3-4,6,8-11H,1,5,7H2,2H3/b8-4-/t11-/m1/s1. The summed E-state index contributed by atoms with van der Waals surface area (Å²) in [6.07, 6.45) is 15.2. The summed E-state index contributed by atoms with van der Waals surface area (Å²) in [5.41, 5.74) is 1.43. The first-order valence-corrected chi connectivity index (χ1v) is 4.50. The van der Waals surface area contributed by atoms with Gasteiger partial charge in [-0.25, -0.2) is 0 Å². The van der Waals surface area contributed by atoms with E-state index in [1.165, 1.54) is 18.4 Å². The lowest BCUT2D eigenvalue weighted by Crippen LogP contribution is -1.95. The highest BCUT2D eigenvalue weighted by atomic mass is 14.1. The van der Waals surface area contributed by atoms with Gasteiger partial charge in [-0.3, -0.25) is 0 Å². The Kier molecular flexibility index (Phi) is 3.59. The van der Waals surface area contributed by atoms with Gasteiger partial charge in [-0.2, -0.15) is 0 Å². The van der Waals surface area contributed by atoms with Crippen molar-refractivity contribution in [3.8, 4) is 0 Å². The summed E-state index contributed by atoms with van der Waals surface area (Å²) in [5.74, 6) is 0.527. The third-order valence-electron chi connectivity index (χ3n) is 2.09. The lowest BCUT2D eigenvalue weighted by molar-refractivity contribution is 0.857. The molecule has 64 valence electrons. The highest BCUT2D eigenvalue weighted by Gasteiger charge is 2.02. The molecule has 0 saturated heterocycles. The van der Waals surface area contributed by atoms with Gasteiger partial charge in [0.25, 0.3) is 0 Å². The topological polar surface area (TPSA) is 0 Å². The molecule has 0 amide bonds. The molecule has 1 aliphatic carbocycles. The molecule has 1 atom stereocenters. The lowest BCUT2D eigenvalue weighted by Gasteiger charge is -2.10. The molecule has 1 rings (SSSR count). The molecule has 0 saturated carbocycles. The first kappa shape index (κ1) is 9.05. The Morgan fingerprint density at radius 3 is 2.92 bits per heavy atom. The van der Waals surface area contributed by atoms with Crippen molar-refractivity contribution in [1.82, 2.24) is 0 Å². The van der Waals surface area contributed by atoms with Gasteiger partial charge < -0.3 is 0 Å². The maximum absolute atomic E-state index is 3.65. The van der Waals surface area contributed by atoms with Gasteiger partial charge >= 0.3 is 0 Å². The Morgan fingerprint density at radius 1 is 1.50 bits per heavy atom. The van der Waals surface area contributed by atoms with E-state index in [0.717, 1.165) is 0 Å². The van der Waals surface area contributed by atoms with Crippen molar-refractivity contribution in [2.75, 3.05) is 0 Å². The molecule has 0 heterocycles. The normalized spacial score (nSPS) is 19.2. The van der Waals surface area contributed by atoms with Crippen LogP contribution in [0, 0.1) is 5.92 Å². The molecule has 0 fully saturated rings. The van der Waals surface area contributed by atoms with Crippen molar-refractivity contribution in [1.29, 1.82) is 0 Å². The second-order valence-electron chi connectivity index (χ2n) is 3.09. The predicted octanol–water partition coefficient (Wildman–Crippen LogP) is 3.64. The molecule has 1 aliphatic rings. The summed E-state index contributed by atoms with van der Waals surface area (Å²) >= 11 is 0. The summed E-state index contributed by atoms with van der Waals surface area (Å²) in [7, 11) is 0. The van der Waals surface area contributed by atoms with Gasteiger partial charge in [-0.1, -0.05) is 50.0 Å². The van der Waals surface area contributed by atoms with Gasteiger partial charge in [0, 0.05) is 0 Å². The minimum absolute atomic E-state index is 0.527. The van der Waals surface area contributed by atoms with Crippen LogP contribution in [0.5, 0.6) is 0 Å². The number of rotatable bonds is 3. The molecule has 0 nitrogen and oxygen atoms in total. The van der Waals surface area contributed by atoms with E-state index in [2.05, 4.69) is 37.8 Å². The SMILES string of the molecule is C=C/C=C\[C@@H](C)C1=CCCC=C1. The summed E-state index contributed by atoms with van der Waals surface area (Å²) in [6, 6.07) is 0. The quantitative estimate of drug-likeness (QED) is 0.553. The Hall–Kier alpha value is -1.04. The average molecular weight is 160 g/mol. The monoisotopic (exact) mass is 160 g/mol. The zero-order valence-electron chi connectivity index (χ0n) is 7.66. The average Bonchev–Trinajstić information content (AvgIpc) is 2.15. The Bertz CT molecular complexity index is 228. The van der Waals surface area contributed by atoms with Gasteiger partial charge in [0.15, 0.2) is 0 Å². The molecule has 0 aliphatic heterocycles. The molecule has 0 bridgehead atoms. The molecule has 12 heavy (non-hydrogen) atoms. The van der Waals surface area contributed by atoms with Crippen LogP contribution in [0.3, 0.4) is 0 Å². The van der Waals surface area contributed by atoms with Crippen molar-refractivity contribution < 1.29 is 0 Å². The van der Waals surface area contributed by atoms with Crippen molar-refractivity contribution in [3.05, 3.63) is 48.6 Å². The van der Waals surface area contributed by atoms with Gasteiger partial charge in [0.1, 0.15) is 0 Å². The summed E-state index contributed by atoms with van der Waals surface area (Å²) in [6.45, 7) is 5.86. The molecule has 0 spiro atoms. The maximum Gasteiger partial charge on any atom is -0.00106 e.